The van der Waals surface area contributed by atoms with Crippen molar-refractivity contribution in [3.05, 3.63) is 70.4 Å². The molecule has 2 rings (SSSR count). The Labute approximate surface area is 152 Å². The van der Waals surface area contributed by atoms with Gasteiger partial charge >= 0.3 is 6.18 Å². The lowest BCUT2D eigenvalue weighted by Gasteiger charge is -2.09. The van der Waals surface area contributed by atoms with Crippen LogP contribution in [0.3, 0.4) is 0 Å². The zero-order valence-corrected chi connectivity index (χ0v) is 14.2. The Bertz CT molecular complexity index is 916. The molecule has 1 aromatic carbocycles. The van der Waals surface area contributed by atoms with Gasteiger partial charge in [-0.15, -0.1) is 0 Å². The summed E-state index contributed by atoms with van der Waals surface area (Å²) in [5.74, 6) is -1.73. The molecule has 0 unspecified atom stereocenters. The van der Waals surface area contributed by atoms with Crippen molar-refractivity contribution in [2.24, 2.45) is 16.5 Å². The van der Waals surface area contributed by atoms with E-state index in [0.29, 0.717) is 17.4 Å². The SMILES string of the molecule is C/C(N)=C(/C=Nc1ccnc(Cc2cc(F)cc(C(F)(F)F)c2)c1)C(N)=O. The molecule has 1 amide bonds. The van der Waals surface area contributed by atoms with Crippen molar-refractivity contribution in [2.75, 3.05) is 0 Å². The average Bonchev–Trinajstić information content (AvgIpc) is 2.53. The van der Waals surface area contributed by atoms with E-state index in [-0.39, 0.29) is 23.3 Å². The molecular weight excluding hydrogens is 364 g/mol. The monoisotopic (exact) mass is 380 g/mol. The number of aliphatic imine (C=N–C) groups is 1. The molecule has 0 saturated carbocycles. The number of nitrogens with zero attached hydrogens (tertiary/aromatic N) is 2. The zero-order valence-electron chi connectivity index (χ0n) is 14.2. The molecule has 9 heteroatoms. The highest BCUT2D eigenvalue weighted by atomic mass is 19.4. The maximum Gasteiger partial charge on any atom is 0.416 e. The van der Waals surface area contributed by atoms with Crippen molar-refractivity contribution < 1.29 is 22.4 Å². The molecule has 27 heavy (non-hydrogen) atoms. The minimum absolute atomic E-state index is 0.0291. The molecule has 142 valence electrons. The molecule has 0 fully saturated rings. The fourth-order valence-corrected chi connectivity index (χ4v) is 2.27. The third kappa shape index (κ3) is 5.63. The molecule has 2 aromatic rings. The van der Waals surface area contributed by atoms with Crippen LogP contribution in [0, 0.1) is 5.82 Å². The number of nitrogens with two attached hydrogens (primary N) is 2. The summed E-state index contributed by atoms with van der Waals surface area (Å²) in [6.45, 7) is 1.49. The fourth-order valence-electron chi connectivity index (χ4n) is 2.27. The number of benzene rings is 1. The summed E-state index contributed by atoms with van der Waals surface area (Å²) in [6.07, 6.45) is -2.08. The number of carbonyl (C=O) groups excluding carboxylic acids is 1. The number of alkyl halides is 3. The van der Waals surface area contributed by atoms with E-state index in [0.717, 1.165) is 12.1 Å². The third-order valence-electron chi connectivity index (χ3n) is 3.50. The van der Waals surface area contributed by atoms with Crippen molar-refractivity contribution in [2.45, 2.75) is 19.5 Å². The smallest absolute Gasteiger partial charge is 0.402 e. The molecule has 0 saturated heterocycles. The van der Waals surface area contributed by atoms with Crippen LogP contribution in [0.25, 0.3) is 0 Å². The van der Waals surface area contributed by atoms with Gasteiger partial charge in [-0.1, -0.05) is 0 Å². The summed E-state index contributed by atoms with van der Waals surface area (Å²) >= 11 is 0. The van der Waals surface area contributed by atoms with Crippen molar-refractivity contribution in [3.8, 4) is 0 Å². The van der Waals surface area contributed by atoms with Crippen LogP contribution >= 0.6 is 0 Å². The maximum atomic E-state index is 13.5. The van der Waals surface area contributed by atoms with Gasteiger partial charge in [-0.2, -0.15) is 13.2 Å². The first-order valence-corrected chi connectivity index (χ1v) is 7.68. The maximum absolute atomic E-state index is 13.5. The van der Waals surface area contributed by atoms with Gasteiger partial charge in [0.05, 0.1) is 16.8 Å². The molecule has 1 aromatic heterocycles. The molecule has 5 nitrogen and oxygen atoms in total. The molecule has 0 radical (unpaired) electrons. The van der Waals surface area contributed by atoms with Gasteiger partial charge in [0.2, 0.25) is 0 Å². The summed E-state index contributed by atoms with van der Waals surface area (Å²) in [5.41, 5.74) is 10.8. The van der Waals surface area contributed by atoms with Gasteiger partial charge in [-0.05, 0) is 42.8 Å². The molecular formula is C18H16F4N4O. The fraction of sp³-hybridized carbons (Fsp3) is 0.167. The Hall–Kier alpha value is -3.23. The van der Waals surface area contributed by atoms with E-state index in [1.165, 1.54) is 31.5 Å². The Morgan fingerprint density at radius 3 is 2.52 bits per heavy atom. The molecule has 0 spiro atoms. The Kier molecular flexibility index (Phi) is 5.94. The second kappa shape index (κ2) is 7.98. The number of amides is 1. The van der Waals surface area contributed by atoms with Gasteiger partial charge in [-0.3, -0.25) is 14.8 Å². The number of carbonyl (C=O) groups is 1. The molecule has 0 aliphatic heterocycles. The van der Waals surface area contributed by atoms with Crippen LogP contribution in [-0.2, 0) is 17.4 Å². The van der Waals surface area contributed by atoms with Crippen molar-refractivity contribution in [1.82, 2.24) is 4.98 Å². The number of halogens is 4. The van der Waals surface area contributed by atoms with Crippen LogP contribution in [0.15, 0.2) is 52.8 Å². The Morgan fingerprint density at radius 2 is 1.93 bits per heavy atom. The van der Waals surface area contributed by atoms with Crippen molar-refractivity contribution >= 4 is 17.8 Å². The molecule has 0 atom stereocenters. The number of hydrogen-bond donors (Lipinski definition) is 2. The van der Waals surface area contributed by atoms with E-state index < -0.39 is 23.5 Å². The first kappa shape index (κ1) is 20.1. The van der Waals surface area contributed by atoms with Crippen LogP contribution in [0.2, 0.25) is 0 Å². The second-order valence-electron chi connectivity index (χ2n) is 5.75. The van der Waals surface area contributed by atoms with Crippen LogP contribution in [-0.4, -0.2) is 17.1 Å². The number of aromatic nitrogens is 1. The van der Waals surface area contributed by atoms with Gasteiger partial charge in [-0.25, -0.2) is 4.39 Å². The number of hydrogen-bond acceptors (Lipinski definition) is 4. The van der Waals surface area contributed by atoms with E-state index >= 15 is 0 Å². The summed E-state index contributed by atoms with van der Waals surface area (Å²) in [7, 11) is 0. The van der Waals surface area contributed by atoms with Crippen LogP contribution in [0.4, 0.5) is 23.2 Å². The van der Waals surface area contributed by atoms with Gasteiger partial charge in [0.1, 0.15) is 5.82 Å². The summed E-state index contributed by atoms with van der Waals surface area (Å²) in [6, 6.07) is 5.34. The average molecular weight is 380 g/mol. The standard InChI is InChI=1S/C18H16F4N4O/c1-10(23)16(17(24)27)9-26-14-2-3-25-15(8-14)6-11-4-12(18(20,21)22)7-13(19)5-11/h2-5,7-9H,6,23H2,1H3,(H2,24,27)/b16-10+,26-9?. The van der Waals surface area contributed by atoms with Crippen LogP contribution in [0.1, 0.15) is 23.7 Å². The summed E-state index contributed by atoms with van der Waals surface area (Å²) < 4.78 is 51.9. The van der Waals surface area contributed by atoms with Gasteiger partial charge in [0.15, 0.2) is 0 Å². The lowest BCUT2D eigenvalue weighted by atomic mass is 10.0. The lowest BCUT2D eigenvalue weighted by molar-refractivity contribution is -0.137. The number of pyridine rings is 1. The first-order chi connectivity index (χ1) is 12.6. The van der Waals surface area contributed by atoms with Crippen molar-refractivity contribution in [1.29, 1.82) is 0 Å². The third-order valence-corrected chi connectivity index (χ3v) is 3.50. The molecule has 0 bridgehead atoms. The lowest BCUT2D eigenvalue weighted by Crippen LogP contribution is -2.18. The predicted molar refractivity (Wildman–Crippen MR) is 92.7 cm³/mol. The van der Waals surface area contributed by atoms with Gasteiger partial charge in [0.25, 0.3) is 5.91 Å². The molecule has 1 heterocycles. The highest BCUT2D eigenvalue weighted by Crippen LogP contribution is 2.31. The minimum atomic E-state index is -4.64. The van der Waals surface area contributed by atoms with E-state index in [4.69, 9.17) is 11.5 Å². The first-order valence-electron chi connectivity index (χ1n) is 7.68. The highest BCUT2D eigenvalue weighted by Gasteiger charge is 2.31. The normalized spacial score (nSPS) is 12.9. The molecule has 0 aliphatic rings. The van der Waals surface area contributed by atoms with E-state index in [1.807, 2.05) is 0 Å². The largest absolute Gasteiger partial charge is 0.416 e. The number of primary amides is 1. The van der Waals surface area contributed by atoms with Crippen LogP contribution in [0.5, 0.6) is 0 Å². The number of rotatable bonds is 5. The van der Waals surface area contributed by atoms with E-state index in [9.17, 15) is 22.4 Å². The predicted octanol–water partition coefficient (Wildman–Crippen LogP) is 3.25. The van der Waals surface area contributed by atoms with Crippen molar-refractivity contribution in [3.63, 3.8) is 0 Å². The second-order valence-corrected chi connectivity index (χ2v) is 5.75. The number of allylic oxidation sites excluding steroid dienone is 1. The Morgan fingerprint density at radius 1 is 1.22 bits per heavy atom. The highest BCUT2D eigenvalue weighted by molar-refractivity contribution is 6.12. The van der Waals surface area contributed by atoms with Gasteiger partial charge < -0.3 is 11.5 Å². The zero-order chi connectivity index (χ0) is 20.2. The van der Waals surface area contributed by atoms with Gasteiger partial charge in [0, 0.05) is 30.2 Å². The van der Waals surface area contributed by atoms with Crippen LogP contribution < -0.4 is 11.5 Å². The topological polar surface area (TPSA) is 94.4 Å². The summed E-state index contributed by atoms with van der Waals surface area (Å²) in [5, 5.41) is 0. The molecule has 4 N–H and O–H groups in total. The van der Waals surface area contributed by atoms with E-state index in [1.54, 1.807) is 0 Å². The minimum Gasteiger partial charge on any atom is -0.402 e. The Balaban J connectivity index is 2.28. The summed E-state index contributed by atoms with van der Waals surface area (Å²) in [4.78, 5) is 19.4. The van der Waals surface area contributed by atoms with E-state index in [2.05, 4.69) is 9.98 Å². The quantitative estimate of drug-likeness (QED) is 0.474. The molecule has 0 aliphatic carbocycles.